The molecule has 0 aliphatic carbocycles. The van der Waals surface area contributed by atoms with Gasteiger partial charge in [-0.3, -0.25) is 9.78 Å². The summed E-state index contributed by atoms with van der Waals surface area (Å²) in [7, 11) is 1.56. The molecule has 1 amide bonds. The SMILES string of the molecule is [C-]#[N+]c1cc(C)nc(C(=O)Nc2cccc(OC)c2)c1. The highest BCUT2D eigenvalue weighted by molar-refractivity contribution is 6.03. The molecule has 2 rings (SSSR count). The van der Waals surface area contributed by atoms with Crippen LogP contribution in [0.2, 0.25) is 0 Å². The van der Waals surface area contributed by atoms with Crippen LogP contribution in [0, 0.1) is 13.5 Å². The van der Waals surface area contributed by atoms with Crippen molar-refractivity contribution < 1.29 is 9.53 Å². The van der Waals surface area contributed by atoms with Gasteiger partial charge >= 0.3 is 0 Å². The molecule has 2 aromatic rings. The minimum Gasteiger partial charge on any atom is -0.497 e. The van der Waals surface area contributed by atoms with Crippen LogP contribution in [-0.4, -0.2) is 18.0 Å². The fraction of sp³-hybridized carbons (Fsp3) is 0.133. The molecule has 1 aromatic heterocycles. The first-order valence-corrected chi connectivity index (χ1v) is 5.94. The molecule has 5 nitrogen and oxygen atoms in total. The summed E-state index contributed by atoms with van der Waals surface area (Å²) in [6.07, 6.45) is 0. The van der Waals surface area contributed by atoms with Crippen molar-refractivity contribution in [3.63, 3.8) is 0 Å². The van der Waals surface area contributed by atoms with E-state index in [9.17, 15) is 4.79 Å². The Kier molecular flexibility index (Phi) is 3.96. The van der Waals surface area contributed by atoms with Crippen LogP contribution in [0.5, 0.6) is 5.75 Å². The number of anilines is 1. The van der Waals surface area contributed by atoms with E-state index in [-0.39, 0.29) is 11.6 Å². The molecule has 100 valence electrons. The number of carbonyl (C=O) groups is 1. The number of benzene rings is 1. The van der Waals surface area contributed by atoms with Crippen molar-refractivity contribution in [1.29, 1.82) is 0 Å². The predicted octanol–water partition coefficient (Wildman–Crippen LogP) is 3.20. The first-order chi connectivity index (χ1) is 9.62. The number of ether oxygens (including phenoxy) is 1. The molecule has 0 bridgehead atoms. The summed E-state index contributed by atoms with van der Waals surface area (Å²) in [5.74, 6) is 0.300. The number of amides is 1. The summed E-state index contributed by atoms with van der Waals surface area (Å²) in [6, 6.07) is 10.1. The molecular weight excluding hydrogens is 254 g/mol. The summed E-state index contributed by atoms with van der Waals surface area (Å²) < 4.78 is 5.09. The van der Waals surface area contributed by atoms with Gasteiger partial charge in [0.05, 0.1) is 13.7 Å². The van der Waals surface area contributed by atoms with Crippen molar-refractivity contribution in [2.45, 2.75) is 6.92 Å². The van der Waals surface area contributed by atoms with Gasteiger partial charge in [-0.05, 0) is 31.2 Å². The third-order valence-corrected chi connectivity index (χ3v) is 2.63. The second kappa shape index (κ2) is 5.85. The van der Waals surface area contributed by atoms with E-state index in [1.54, 1.807) is 44.4 Å². The standard InChI is InChI=1S/C15H13N3O2/c1-10-7-12(16-2)9-14(17-10)15(19)18-11-5-4-6-13(8-11)20-3/h4-9H,1,3H3,(H,18,19). The van der Waals surface area contributed by atoms with Crippen LogP contribution in [0.1, 0.15) is 16.2 Å². The summed E-state index contributed by atoms with van der Waals surface area (Å²) in [5, 5.41) is 2.73. The third kappa shape index (κ3) is 3.12. The Bertz CT molecular complexity index is 690. The number of nitrogens with zero attached hydrogens (tertiary/aromatic N) is 2. The number of carbonyl (C=O) groups excluding carboxylic acids is 1. The number of aromatic nitrogens is 1. The normalized spacial score (nSPS) is 9.65. The number of rotatable bonds is 3. The summed E-state index contributed by atoms with van der Waals surface area (Å²) in [4.78, 5) is 19.6. The lowest BCUT2D eigenvalue weighted by Gasteiger charge is -2.07. The van der Waals surface area contributed by atoms with Gasteiger partial charge in [0.2, 0.25) is 0 Å². The Hall–Kier alpha value is -2.87. The molecule has 0 radical (unpaired) electrons. The minimum absolute atomic E-state index is 0.221. The van der Waals surface area contributed by atoms with Crippen LogP contribution < -0.4 is 10.1 Å². The fourth-order valence-electron chi connectivity index (χ4n) is 1.73. The second-order valence-corrected chi connectivity index (χ2v) is 4.15. The lowest BCUT2D eigenvalue weighted by molar-refractivity contribution is 0.102. The van der Waals surface area contributed by atoms with Crippen molar-refractivity contribution in [2.24, 2.45) is 0 Å². The van der Waals surface area contributed by atoms with Crippen LogP contribution >= 0.6 is 0 Å². The third-order valence-electron chi connectivity index (χ3n) is 2.63. The molecule has 1 aromatic carbocycles. The average Bonchev–Trinajstić information content (AvgIpc) is 2.46. The number of hydrogen-bond donors (Lipinski definition) is 1. The molecule has 20 heavy (non-hydrogen) atoms. The van der Waals surface area contributed by atoms with E-state index >= 15 is 0 Å². The van der Waals surface area contributed by atoms with Crippen LogP contribution in [0.3, 0.4) is 0 Å². The number of methoxy groups -OCH3 is 1. The molecule has 0 saturated heterocycles. The molecule has 1 heterocycles. The topological polar surface area (TPSA) is 55.6 Å². The molecule has 0 aliphatic heterocycles. The first kappa shape index (κ1) is 13.6. The number of nitrogens with one attached hydrogen (secondary N) is 1. The van der Waals surface area contributed by atoms with Gasteiger partial charge < -0.3 is 10.1 Å². The van der Waals surface area contributed by atoms with Crippen LogP contribution in [0.25, 0.3) is 4.85 Å². The fourth-order valence-corrected chi connectivity index (χ4v) is 1.73. The van der Waals surface area contributed by atoms with Crippen molar-refractivity contribution in [3.05, 3.63) is 59.2 Å². The quantitative estimate of drug-likeness (QED) is 0.869. The summed E-state index contributed by atoms with van der Waals surface area (Å²) in [5.41, 5.74) is 1.86. The predicted molar refractivity (Wildman–Crippen MR) is 76.2 cm³/mol. The van der Waals surface area contributed by atoms with Gasteiger partial charge in [0.15, 0.2) is 5.69 Å². The lowest BCUT2D eigenvalue weighted by atomic mass is 10.2. The zero-order chi connectivity index (χ0) is 14.5. The second-order valence-electron chi connectivity index (χ2n) is 4.15. The lowest BCUT2D eigenvalue weighted by Crippen LogP contribution is -2.14. The first-order valence-electron chi connectivity index (χ1n) is 5.94. The van der Waals surface area contributed by atoms with Gasteiger partial charge in [0.1, 0.15) is 11.4 Å². The van der Waals surface area contributed by atoms with E-state index < -0.39 is 0 Å². The monoisotopic (exact) mass is 267 g/mol. The van der Waals surface area contributed by atoms with Gasteiger partial charge in [-0.25, -0.2) is 4.85 Å². The van der Waals surface area contributed by atoms with Crippen molar-refractivity contribution in [3.8, 4) is 5.75 Å². The van der Waals surface area contributed by atoms with Gasteiger partial charge in [0, 0.05) is 17.4 Å². The van der Waals surface area contributed by atoms with E-state index in [0.717, 1.165) is 0 Å². The van der Waals surface area contributed by atoms with E-state index in [1.807, 2.05) is 0 Å². The van der Waals surface area contributed by atoms with E-state index in [4.69, 9.17) is 11.3 Å². The summed E-state index contributed by atoms with van der Waals surface area (Å²) in [6.45, 7) is 8.75. The molecular formula is C15H13N3O2. The molecule has 5 heteroatoms. The van der Waals surface area contributed by atoms with Gasteiger partial charge in [-0.15, -0.1) is 0 Å². The maximum absolute atomic E-state index is 12.1. The van der Waals surface area contributed by atoms with Gasteiger partial charge in [0.25, 0.3) is 5.91 Å². The molecule has 0 fully saturated rings. The number of pyridine rings is 1. The van der Waals surface area contributed by atoms with Crippen LogP contribution in [0.4, 0.5) is 11.4 Å². The van der Waals surface area contributed by atoms with E-state index in [1.165, 1.54) is 6.07 Å². The molecule has 1 N–H and O–H groups in total. The highest BCUT2D eigenvalue weighted by Crippen LogP contribution is 2.19. The van der Waals surface area contributed by atoms with Crippen molar-refractivity contribution >= 4 is 17.3 Å². The van der Waals surface area contributed by atoms with Crippen molar-refractivity contribution in [1.82, 2.24) is 4.98 Å². The molecule has 0 atom stereocenters. The molecule has 0 saturated carbocycles. The smallest absolute Gasteiger partial charge is 0.272 e. The number of hydrogen-bond acceptors (Lipinski definition) is 3. The molecule has 0 spiro atoms. The molecule has 0 unspecified atom stereocenters. The Morgan fingerprint density at radius 2 is 2.15 bits per heavy atom. The Morgan fingerprint density at radius 3 is 2.85 bits per heavy atom. The zero-order valence-corrected chi connectivity index (χ0v) is 11.2. The Labute approximate surface area is 117 Å². The van der Waals surface area contributed by atoms with Gasteiger partial charge in [-0.2, -0.15) is 0 Å². The van der Waals surface area contributed by atoms with Crippen molar-refractivity contribution in [2.75, 3.05) is 12.4 Å². The summed E-state index contributed by atoms with van der Waals surface area (Å²) >= 11 is 0. The average molecular weight is 267 g/mol. The highest BCUT2D eigenvalue weighted by Gasteiger charge is 2.10. The minimum atomic E-state index is -0.355. The zero-order valence-electron chi connectivity index (χ0n) is 11.2. The largest absolute Gasteiger partial charge is 0.497 e. The van der Waals surface area contributed by atoms with Crippen LogP contribution in [0.15, 0.2) is 36.4 Å². The Morgan fingerprint density at radius 1 is 1.35 bits per heavy atom. The maximum atomic E-state index is 12.1. The van der Waals surface area contributed by atoms with Crippen LogP contribution in [-0.2, 0) is 0 Å². The highest BCUT2D eigenvalue weighted by atomic mass is 16.5. The Balaban J connectivity index is 2.24. The molecule has 0 aliphatic rings. The number of aryl methyl sites for hydroxylation is 1. The maximum Gasteiger partial charge on any atom is 0.272 e. The van der Waals surface area contributed by atoms with E-state index in [2.05, 4.69) is 15.1 Å². The van der Waals surface area contributed by atoms with Gasteiger partial charge in [-0.1, -0.05) is 6.07 Å². The van der Waals surface area contributed by atoms with E-state index in [0.29, 0.717) is 22.8 Å².